The second-order valence-electron chi connectivity index (χ2n) is 8.20. The first-order valence-corrected chi connectivity index (χ1v) is 10.7. The number of nitrogens with one attached hydrogen (secondary N) is 1. The van der Waals surface area contributed by atoms with Gasteiger partial charge in [-0.1, -0.05) is 36.4 Å². The van der Waals surface area contributed by atoms with Gasteiger partial charge in [0.05, 0.1) is 17.5 Å². The molecule has 0 atom stereocenters. The monoisotopic (exact) mass is 464 g/mol. The first-order chi connectivity index (χ1) is 16.1. The molecule has 0 fully saturated rings. The molecule has 0 radical (unpaired) electrons. The summed E-state index contributed by atoms with van der Waals surface area (Å²) in [5.74, 6) is -0.869. The maximum absolute atomic E-state index is 13.4. The Hall–Kier alpha value is -3.87. The summed E-state index contributed by atoms with van der Waals surface area (Å²) < 4.78 is 40.3. The van der Waals surface area contributed by atoms with Crippen LogP contribution in [-0.2, 0) is 23.9 Å². The zero-order valence-corrected chi connectivity index (χ0v) is 18.7. The number of alkyl halides is 3. The highest BCUT2D eigenvalue weighted by atomic mass is 19.4. The fraction of sp³-hybridized carbons (Fsp3) is 0.185. The first-order valence-electron chi connectivity index (χ1n) is 10.7. The van der Waals surface area contributed by atoms with E-state index in [-0.39, 0.29) is 11.9 Å². The van der Waals surface area contributed by atoms with Gasteiger partial charge < -0.3 is 10.4 Å². The van der Waals surface area contributed by atoms with Gasteiger partial charge in [0.1, 0.15) is 0 Å². The second-order valence-corrected chi connectivity index (χ2v) is 8.20. The minimum atomic E-state index is -4.48. The molecule has 0 aliphatic carbocycles. The largest absolute Gasteiger partial charge is 0.481 e. The first kappa shape index (κ1) is 23.3. The minimum absolute atomic E-state index is 0.0229. The third-order valence-electron chi connectivity index (χ3n) is 6.04. The molecule has 1 heterocycles. The Balaban J connectivity index is 1.62. The van der Waals surface area contributed by atoms with E-state index in [0.29, 0.717) is 17.5 Å². The Bertz CT molecular complexity index is 1380. The fourth-order valence-corrected chi connectivity index (χ4v) is 4.13. The van der Waals surface area contributed by atoms with Crippen LogP contribution in [0.5, 0.6) is 0 Å². The van der Waals surface area contributed by atoms with Crippen LogP contribution in [0.25, 0.3) is 22.0 Å². The van der Waals surface area contributed by atoms with Gasteiger partial charge in [-0.15, -0.1) is 0 Å². The van der Waals surface area contributed by atoms with Crippen molar-refractivity contribution in [2.24, 2.45) is 0 Å². The Morgan fingerprint density at radius 3 is 2.50 bits per heavy atom. The fourth-order valence-electron chi connectivity index (χ4n) is 4.13. The van der Waals surface area contributed by atoms with Crippen LogP contribution in [0, 0.1) is 13.8 Å². The molecule has 34 heavy (non-hydrogen) atoms. The summed E-state index contributed by atoms with van der Waals surface area (Å²) in [6.45, 7) is 4.35. The lowest BCUT2D eigenvalue weighted by molar-refractivity contribution is -0.137. The van der Waals surface area contributed by atoms with Gasteiger partial charge in [-0.25, -0.2) is 0 Å². The van der Waals surface area contributed by atoms with E-state index in [0.717, 1.165) is 39.6 Å². The van der Waals surface area contributed by atoms with Crippen molar-refractivity contribution in [3.05, 3.63) is 94.7 Å². The maximum atomic E-state index is 13.4. The number of pyridine rings is 1. The van der Waals surface area contributed by atoms with Crippen molar-refractivity contribution >= 4 is 22.6 Å². The third-order valence-corrected chi connectivity index (χ3v) is 6.04. The van der Waals surface area contributed by atoms with Crippen molar-refractivity contribution in [1.82, 2.24) is 4.98 Å². The van der Waals surface area contributed by atoms with Gasteiger partial charge in [0.15, 0.2) is 0 Å². The molecule has 4 nitrogen and oxygen atoms in total. The number of hydrogen-bond donors (Lipinski definition) is 2. The molecule has 174 valence electrons. The quantitative estimate of drug-likeness (QED) is 0.330. The van der Waals surface area contributed by atoms with Crippen LogP contribution >= 0.6 is 0 Å². The van der Waals surface area contributed by atoms with Gasteiger partial charge in [0.2, 0.25) is 0 Å². The molecule has 0 amide bonds. The summed E-state index contributed by atoms with van der Waals surface area (Å²) in [6.07, 6.45) is -3.10. The van der Waals surface area contributed by atoms with E-state index < -0.39 is 17.7 Å². The number of halogens is 3. The zero-order valence-electron chi connectivity index (χ0n) is 18.7. The number of hydrogen-bond acceptors (Lipinski definition) is 3. The van der Waals surface area contributed by atoms with Crippen LogP contribution in [0.15, 0.2) is 66.9 Å². The summed E-state index contributed by atoms with van der Waals surface area (Å²) in [4.78, 5) is 15.1. The van der Waals surface area contributed by atoms with E-state index >= 15 is 0 Å². The average Bonchev–Trinajstić information content (AvgIpc) is 2.80. The second kappa shape index (κ2) is 9.17. The summed E-state index contributed by atoms with van der Waals surface area (Å²) in [5.41, 5.74) is 5.23. The highest BCUT2D eigenvalue weighted by Crippen LogP contribution is 2.37. The van der Waals surface area contributed by atoms with E-state index in [2.05, 4.69) is 10.3 Å². The van der Waals surface area contributed by atoms with Gasteiger partial charge in [0.25, 0.3) is 0 Å². The number of fused-ring (bicyclic) bond motifs is 1. The van der Waals surface area contributed by atoms with E-state index in [4.69, 9.17) is 5.11 Å². The van der Waals surface area contributed by atoms with Crippen LogP contribution in [0.1, 0.15) is 27.8 Å². The number of anilines is 1. The SMILES string of the molecule is Cc1c(CC(=O)O)ccc(NCc2cccc(-c3ccnc4c(C(F)(F)F)cccc34)c2)c1C. The lowest BCUT2D eigenvalue weighted by Gasteiger charge is -2.15. The van der Waals surface area contributed by atoms with Crippen LogP contribution < -0.4 is 5.32 Å². The minimum Gasteiger partial charge on any atom is -0.481 e. The van der Waals surface area contributed by atoms with Crippen molar-refractivity contribution in [2.75, 3.05) is 5.32 Å². The lowest BCUT2D eigenvalue weighted by Crippen LogP contribution is -2.07. The number of aliphatic carboxylic acids is 1. The number of rotatable bonds is 6. The van der Waals surface area contributed by atoms with Gasteiger partial charge in [-0.05, 0) is 71.5 Å². The lowest BCUT2D eigenvalue weighted by atomic mass is 9.97. The molecule has 0 bridgehead atoms. The summed E-state index contributed by atoms with van der Waals surface area (Å²) in [5, 5.41) is 12.9. The number of carbonyl (C=O) groups is 1. The highest BCUT2D eigenvalue weighted by Gasteiger charge is 2.33. The molecule has 3 aromatic carbocycles. The Labute approximate surface area is 195 Å². The standard InChI is InChI=1S/C27H23F3N2O2/c1-16-17(2)24(10-9-19(16)14-25(33)34)32-15-18-5-3-6-20(13-18)21-11-12-31-26-22(21)7-4-8-23(26)27(28,29)30/h3-13,32H,14-15H2,1-2H3,(H,33,34). The van der Waals surface area contributed by atoms with Gasteiger partial charge >= 0.3 is 12.1 Å². The summed E-state index contributed by atoms with van der Waals surface area (Å²) >= 11 is 0. The molecule has 4 aromatic rings. The number of carboxylic acids is 1. The molecule has 1 aromatic heterocycles. The van der Waals surface area contributed by atoms with Crippen LogP contribution in [0.2, 0.25) is 0 Å². The molecule has 0 unspecified atom stereocenters. The molecule has 4 rings (SSSR count). The molecule has 0 spiro atoms. The van der Waals surface area contributed by atoms with Crippen LogP contribution in [-0.4, -0.2) is 16.1 Å². The van der Waals surface area contributed by atoms with Crippen LogP contribution in [0.3, 0.4) is 0 Å². The molecular formula is C27H23F3N2O2. The normalized spacial score (nSPS) is 11.6. The zero-order chi connectivity index (χ0) is 24.5. The van der Waals surface area contributed by atoms with Gasteiger partial charge in [0, 0.05) is 23.8 Å². The predicted octanol–water partition coefficient (Wildman–Crippen LogP) is 6.78. The number of benzene rings is 3. The summed E-state index contributed by atoms with van der Waals surface area (Å²) in [7, 11) is 0. The van der Waals surface area contributed by atoms with Crippen molar-refractivity contribution in [3.8, 4) is 11.1 Å². The van der Waals surface area contributed by atoms with E-state index in [1.54, 1.807) is 12.1 Å². The molecule has 0 aliphatic heterocycles. The maximum Gasteiger partial charge on any atom is 0.418 e. The predicted molar refractivity (Wildman–Crippen MR) is 127 cm³/mol. The van der Waals surface area contributed by atoms with E-state index in [9.17, 15) is 18.0 Å². The van der Waals surface area contributed by atoms with Gasteiger partial charge in [-0.2, -0.15) is 13.2 Å². The summed E-state index contributed by atoms with van der Waals surface area (Å²) in [6, 6.07) is 17.2. The highest BCUT2D eigenvalue weighted by molar-refractivity contribution is 5.96. The molecule has 7 heteroatoms. The van der Waals surface area contributed by atoms with Crippen molar-refractivity contribution in [3.63, 3.8) is 0 Å². The number of nitrogens with zero attached hydrogens (tertiary/aromatic N) is 1. The number of aromatic nitrogens is 1. The average molecular weight is 464 g/mol. The van der Waals surface area contributed by atoms with Gasteiger partial charge in [-0.3, -0.25) is 9.78 Å². The van der Waals surface area contributed by atoms with E-state index in [1.807, 2.05) is 50.2 Å². The molecule has 0 aliphatic rings. The molecule has 0 saturated carbocycles. The van der Waals surface area contributed by atoms with Crippen molar-refractivity contribution in [1.29, 1.82) is 0 Å². The molecule has 0 saturated heterocycles. The number of carboxylic acid groups (broad SMARTS) is 1. The smallest absolute Gasteiger partial charge is 0.418 e. The van der Waals surface area contributed by atoms with E-state index in [1.165, 1.54) is 12.3 Å². The Morgan fingerprint density at radius 2 is 1.76 bits per heavy atom. The Morgan fingerprint density at radius 1 is 1.00 bits per heavy atom. The van der Waals surface area contributed by atoms with Crippen molar-refractivity contribution in [2.45, 2.75) is 33.0 Å². The topological polar surface area (TPSA) is 62.2 Å². The Kier molecular flexibility index (Phi) is 6.28. The number of para-hydroxylation sites is 1. The third kappa shape index (κ3) is 4.73. The van der Waals surface area contributed by atoms with Crippen molar-refractivity contribution < 1.29 is 23.1 Å². The molecular weight excluding hydrogens is 441 g/mol. The van der Waals surface area contributed by atoms with Crippen LogP contribution in [0.4, 0.5) is 18.9 Å². The molecule has 2 N–H and O–H groups in total.